The summed E-state index contributed by atoms with van der Waals surface area (Å²) in [6.07, 6.45) is 4.68. The van der Waals surface area contributed by atoms with Crippen molar-refractivity contribution in [2.24, 2.45) is 5.73 Å². The molecule has 0 aliphatic carbocycles. The first kappa shape index (κ1) is 33.8. The third-order valence-corrected chi connectivity index (χ3v) is 6.43. The molecule has 3 aromatic rings. The average Bonchev–Trinajstić information content (AvgIpc) is 2.96. The van der Waals surface area contributed by atoms with E-state index in [9.17, 15) is 9.18 Å². The van der Waals surface area contributed by atoms with Crippen LogP contribution < -0.4 is 15.8 Å². The summed E-state index contributed by atoms with van der Waals surface area (Å²) in [5, 5.41) is 3.15. The summed E-state index contributed by atoms with van der Waals surface area (Å²) in [7, 11) is 1.97. The lowest BCUT2D eigenvalue weighted by Gasteiger charge is -2.23. The average molecular weight is 556 g/mol. The zero-order valence-corrected chi connectivity index (χ0v) is 23.9. The molecule has 0 saturated carbocycles. The Labute approximate surface area is 237 Å². The van der Waals surface area contributed by atoms with Crippen LogP contribution in [0, 0.1) is 12.7 Å². The minimum absolute atomic E-state index is 0.250. The molecule has 1 aliphatic rings. The molecule has 0 radical (unpaired) electrons. The molecule has 6 nitrogen and oxygen atoms in total. The highest BCUT2D eigenvalue weighted by atomic mass is 32.2. The number of thioether (sulfide) groups is 1. The van der Waals surface area contributed by atoms with Crippen molar-refractivity contribution in [3.63, 3.8) is 0 Å². The Morgan fingerprint density at radius 3 is 1.97 bits per heavy atom. The normalized spacial score (nSPS) is 12.3. The smallest absolute Gasteiger partial charge is 0.204 e. The van der Waals surface area contributed by atoms with Crippen LogP contribution in [0.4, 0.5) is 4.39 Å². The van der Waals surface area contributed by atoms with Crippen LogP contribution in [0.2, 0.25) is 0 Å². The lowest BCUT2D eigenvalue weighted by molar-refractivity contribution is -0.109. The monoisotopic (exact) mass is 555 g/mol. The second-order valence-electron chi connectivity index (χ2n) is 8.63. The molecular formula is C31H42FN3O3S. The molecule has 1 fully saturated rings. The predicted molar refractivity (Wildman–Crippen MR) is 161 cm³/mol. The van der Waals surface area contributed by atoms with E-state index in [1.807, 2.05) is 49.1 Å². The SMILES string of the molecule is CNCCCCc1ccc(Oc2ccc(F)cc2)cc1.Cc1ccccc1.NC=O.O=CCN1CCSCC1. The highest BCUT2D eigenvalue weighted by molar-refractivity contribution is 7.99. The molecule has 1 saturated heterocycles. The lowest BCUT2D eigenvalue weighted by atomic mass is 10.1. The second kappa shape index (κ2) is 22.8. The van der Waals surface area contributed by atoms with Crippen molar-refractivity contribution in [3.8, 4) is 11.5 Å². The molecule has 3 N–H and O–H groups in total. The Morgan fingerprint density at radius 1 is 0.923 bits per heavy atom. The number of carbonyl (C=O) groups excluding carboxylic acids is 2. The van der Waals surface area contributed by atoms with Crippen molar-refractivity contribution >= 4 is 24.5 Å². The van der Waals surface area contributed by atoms with Gasteiger partial charge in [0.2, 0.25) is 6.41 Å². The first-order valence-corrected chi connectivity index (χ1v) is 14.3. The number of carbonyl (C=O) groups is 2. The van der Waals surface area contributed by atoms with Crippen LogP contribution >= 0.6 is 11.8 Å². The van der Waals surface area contributed by atoms with Gasteiger partial charge in [0.1, 0.15) is 23.6 Å². The van der Waals surface area contributed by atoms with E-state index in [1.165, 1.54) is 47.6 Å². The fraction of sp³-hybridized carbons (Fsp3) is 0.355. The van der Waals surface area contributed by atoms with Gasteiger partial charge in [0.15, 0.2) is 0 Å². The van der Waals surface area contributed by atoms with E-state index in [2.05, 4.69) is 47.1 Å². The number of nitrogens with one attached hydrogen (secondary N) is 1. The number of nitrogens with zero attached hydrogens (tertiary/aromatic N) is 1. The Kier molecular flexibility index (Phi) is 19.7. The van der Waals surface area contributed by atoms with Crippen LogP contribution in [0.5, 0.6) is 11.5 Å². The fourth-order valence-corrected chi connectivity index (χ4v) is 4.40. The summed E-state index contributed by atoms with van der Waals surface area (Å²) in [5.41, 5.74) is 6.80. The molecule has 0 aromatic heterocycles. The molecule has 0 atom stereocenters. The summed E-state index contributed by atoms with van der Waals surface area (Å²) in [5.74, 6) is 3.54. The maximum absolute atomic E-state index is 12.8. The zero-order chi connectivity index (χ0) is 28.6. The molecule has 39 heavy (non-hydrogen) atoms. The molecule has 212 valence electrons. The number of ether oxygens (including phenoxy) is 1. The Bertz CT molecular complexity index is 1000. The third kappa shape index (κ3) is 17.8. The van der Waals surface area contributed by atoms with Crippen molar-refractivity contribution in [3.05, 3.63) is 95.8 Å². The topological polar surface area (TPSA) is 84.7 Å². The Hall–Kier alpha value is -3.20. The van der Waals surface area contributed by atoms with Crippen molar-refractivity contribution in [2.45, 2.75) is 26.2 Å². The van der Waals surface area contributed by atoms with Crippen LogP contribution in [0.3, 0.4) is 0 Å². The molecule has 1 aliphatic heterocycles. The highest BCUT2D eigenvalue weighted by Crippen LogP contribution is 2.22. The molecule has 0 unspecified atom stereocenters. The van der Waals surface area contributed by atoms with Gasteiger partial charge in [0, 0.05) is 24.6 Å². The van der Waals surface area contributed by atoms with Gasteiger partial charge in [-0.25, -0.2) is 4.39 Å². The first-order valence-electron chi connectivity index (χ1n) is 13.1. The summed E-state index contributed by atoms with van der Waals surface area (Å²) in [6, 6.07) is 24.4. The molecule has 8 heteroatoms. The number of amides is 1. The van der Waals surface area contributed by atoms with E-state index in [-0.39, 0.29) is 12.2 Å². The third-order valence-electron chi connectivity index (χ3n) is 5.49. The number of primary amides is 1. The molecule has 4 rings (SSSR count). The number of hydrogen-bond donors (Lipinski definition) is 2. The summed E-state index contributed by atoms with van der Waals surface area (Å²) in [6.45, 7) is 5.94. The van der Waals surface area contributed by atoms with Crippen molar-refractivity contribution < 1.29 is 18.7 Å². The molecule has 1 heterocycles. The van der Waals surface area contributed by atoms with Crippen LogP contribution in [0.25, 0.3) is 0 Å². The summed E-state index contributed by atoms with van der Waals surface area (Å²) < 4.78 is 18.4. The minimum atomic E-state index is -0.255. The first-order chi connectivity index (χ1) is 19.0. The number of hydrogen-bond acceptors (Lipinski definition) is 6. The molecule has 1 amide bonds. The molecule has 0 spiro atoms. The van der Waals surface area contributed by atoms with E-state index < -0.39 is 0 Å². The zero-order valence-electron chi connectivity index (χ0n) is 23.1. The lowest BCUT2D eigenvalue weighted by Crippen LogP contribution is -2.33. The number of unbranched alkanes of at least 4 members (excludes halogenated alkanes) is 1. The summed E-state index contributed by atoms with van der Waals surface area (Å²) >= 11 is 1.97. The Morgan fingerprint density at radius 2 is 1.49 bits per heavy atom. The maximum atomic E-state index is 12.8. The van der Waals surface area contributed by atoms with Gasteiger partial charge in [-0.1, -0.05) is 48.0 Å². The van der Waals surface area contributed by atoms with Gasteiger partial charge in [0.25, 0.3) is 0 Å². The molecule has 3 aromatic carbocycles. The van der Waals surface area contributed by atoms with Crippen molar-refractivity contribution in [1.82, 2.24) is 10.2 Å². The quantitative estimate of drug-likeness (QED) is 0.268. The largest absolute Gasteiger partial charge is 0.457 e. The number of benzene rings is 3. The highest BCUT2D eigenvalue weighted by Gasteiger charge is 2.07. The van der Waals surface area contributed by atoms with Gasteiger partial charge in [-0.3, -0.25) is 9.69 Å². The van der Waals surface area contributed by atoms with Gasteiger partial charge < -0.3 is 20.6 Å². The van der Waals surface area contributed by atoms with Gasteiger partial charge in [0.05, 0.1) is 6.54 Å². The molecular weight excluding hydrogens is 513 g/mol. The molecule has 0 bridgehead atoms. The van der Waals surface area contributed by atoms with Gasteiger partial charge in [-0.05, 0) is 81.7 Å². The van der Waals surface area contributed by atoms with Crippen LogP contribution in [-0.4, -0.2) is 62.3 Å². The van der Waals surface area contributed by atoms with Crippen LogP contribution in [0.1, 0.15) is 24.0 Å². The van der Waals surface area contributed by atoms with Crippen molar-refractivity contribution in [1.29, 1.82) is 0 Å². The van der Waals surface area contributed by atoms with Crippen LogP contribution in [-0.2, 0) is 16.0 Å². The standard InChI is InChI=1S/C17H20FNO.C7H8.C6H11NOS.CH3NO/c1-19-13-3-2-4-14-5-9-16(10-6-14)20-17-11-7-15(18)8-12-17;1-7-5-3-2-4-6-7;8-4-1-7-2-5-9-6-3-7;2-1-3/h5-12,19H,2-4,13H2,1H3;2-6H,1H3;4H,1-3,5-6H2;1H,(H2,2,3). The van der Waals surface area contributed by atoms with Crippen LogP contribution in [0.15, 0.2) is 78.9 Å². The van der Waals surface area contributed by atoms with E-state index in [0.29, 0.717) is 12.3 Å². The predicted octanol–water partition coefficient (Wildman–Crippen LogP) is 5.49. The number of rotatable bonds is 9. The Balaban J connectivity index is 0.000000328. The van der Waals surface area contributed by atoms with Gasteiger partial charge in [-0.2, -0.15) is 11.8 Å². The van der Waals surface area contributed by atoms with Crippen molar-refractivity contribution in [2.75, 3.05) is 44.7 Å². The summed E-state index contributed by atoms with van der Waals surface area (Å²) in [4.78, 5) is 20.8. The minimum Gasteiger partial charge on any atom is -0.457 e. The van der Waals surface area contributed by atoms with E-state index in [1.54, 1.807) is 12.1 Å². The van der Waals surface area contributed by atoms with Gasteiger partial charge >= 0.3 is 0 Å². The second-order valence-corrected chi connectivity index (χ2v) is 9.86. The van der Waals surface area contributed by atoms with E-state index >= 15 is 0 Å². The van der Waals surface area contributed by atoms with Gasteiger partial charge in [-0.15, -0.1) is 0 Å². The number of nitrogens with two attached hydrogens (primary N) is 1. The number of halogens is 1. The number of aryl methyl sites for hydroxylation is 2. The van der Waals surface area contributed by atoms with E-state index in [4.69, 9.17) is 9.53 Å². The maximum Gasteiger partial charge on any atom is 0.204 e. The number of aldehydes is 1. The van der Waals surface area contributed by atoms with E-state index in [0.717, 1.165) is 38.1 Å². The fourth-order valence-electron chi connectivity index (χ4n) is 3.42.